The van der Waals surface area contributed by atoms with Gasteiger partial charge in [-0.15, -0.1) is 0 Å². The first kappa shape index (κ1) is 19.8. The molecule has 1 aromatic carbocycles. The first-order valence-electron chi connectivity index (χ1n) is 10.3. The monoisotopic (exact) mass is 397 g/mol. The summed E-state index contributed by atoms with van der Waals surface area (Å²) >= 11 is 0. The molecular weight excluding hydrogens is 369 g/mol. The van der Waals surface area contributed by atoms with Gasteiger partial charge in [0.2, 0.25) is 0 Å². The van der Waals surface area contributed by atoms with Crippen LogP contribution in [0.15, 0.2) is 36.5 Å². The Morgan fingerprint density at radius 1 is 1.24 bits per heavy atom. The van der Waals surface area contributed by atoms with Gasteiger partial charge in [-0.2, -0.15) is 0 Å². The van der Waals surface area contributed by atoms with Crippen LogP contribution in [0.1, 0.15) is 48.3 Å². The van der Waals surface area contributed by atoms with Gasteiger partial charge in [0.1, 0.15) is 11.5 Å². The third-order valence-corrected chi connectivity index (χ3v) is 5.83. The van der Waals surface area contributed by atoms with E-state index in [1.165, 1.54) is 6.07 Å². The van der Waals surface area contributed by atoms with E-state index in [4.69, 9.17) is 4.74 Å². The van der Waals surface area contributed by atoms with Crippen LogP contribution in [0.3, 0.4) is 0 Å². The molecule has 1 amide bonds. The van der Waals surface area contributed by atoms with E-state index in [-0.39, 0.29) is 29.5 Å². The Labute approximate surface area is 171 Å². The number of aromatic nitrogens is 1. The normalized spacial score (nSPS) is 23.0. The van der Waals surface area contributed by atoms with Gasteiger partial charge in [-0.1, -0.05) is 6.07 Å². The summed E-state index contributed by atoms with van der Waals surface area (Å²) < 4.78 is 19.4. The van der Waals surface area contributed by atoms with E-state index in [1.54, 1.807) is 18.3 Å². The van der Waals surface area contributed by atoms with Crippen molar-refractivity contribution in [3.05, 3.63) is 59.2 Å². The Morgan fingerprint density at radius 3 is 2.66 bits per heavy atom. The zero-order chi connectivity index (χ0) is 20.6. The molecular formula is C23H28FN3O2. The quantitative estimate of drug-likeness (QED) is 0.837. The van der Waals surface area contributed by atoms with Gasteiger partial charge in [0.15, 0.2) is 0 Å². The molecule has 29 heavy (non-hydrogen) atoms. The zero-order valence-electron chi connectivity index (χ0n) is 17.2. The maximum atomic E-state index is 13.6. The van der Waals surface area contributed by atoms with Crippen LogP contribution in [0.5, 0.6) is 0 Å². The molecule has 1 aliphatic carbocycles. The molecule has 2 aromatic rings. The number of carbonyl (C=O) groups is 1. The number of aryl methyl sites for hydroxylation is 1. The zero-order valence-corrected chi connectivity index (χ0v) is 17.2. The average Bonchev–Trinajstić information content (AvgIpc) is 3.43. The maximum absolute atomic E-state index is 13.6. The van der Waals surface area contributed by atoms with Gasteiger partial charge in [0.25, 0.3) is 5.91 Å². The second-order valence-corrected chi connectivity index (χ2v) is 8.54. The van der Waals surface area contributed by atoms with Crippen molar-refractivity contribution in [2.45, 2.75) is 57.8 Å². The molecule has 0 spiro atoms. The van der Waals surface area contributed by atoms with Crippen molar-refractivity contribution in [1.29, 1.82) is 0 Å². The lowest BCUT2D eigenvalue weighted by molar-refractivity contribution is -0.00522. The van der Waals surface area contributed by atoms with Gasteiger partial charge < -0.3 is 15.0 Å². The second-order valence-electron chi connectivity index (χ2n) is 8.54. The third-order valence-electron chi connectivity index (χ3n) is 5.83. The molecule has 2 aliphatic rings. The van der Waals surface area contributed by atoms with Crippen LogP contribution in [0.2, 0.25) is 0 Å². The summed E-state index contributed by atoms with van der Waals surface area (Å²) in [5.41, 5.74) is 3.09. The molecule has 1 saturated carbocycles. The van der Waals surface area contributed by atoms with Crippen LogP contribution < -0.4 is 10.2 Å². The minimum Gasteiger partial charge on any atom is -0.372 e. The predicted molar refractivity (Wildman–Crippen MR) is 111 cm³/mol. The lowest BCUT2D eigenvalue weighted by Crippen LogP contribution is -2.45. The Bertz CT molecular complexity index is 903. The van der Waals surface area contributed by atoms with Gasteiger partial charge in [-0.05, 0) is 75.4 Å². The van der Waals surface area contributed by atoms with Crippen LogP contribution >= 0.6 is 0 Å². The second kappa shape index (κ2) is 7.75. The largest absolute Gasteiger partial charge is 0.372 e. The van der Waals surface area contributed by atoms with Crippen molar-refractivity contribution in [1.82, 2.24) is 10.3 Å². The van der Waals surface area contributed by atoms with Crippen LogP contribution in [0.25, 0.3) is 0 Å². The molecule has 0 unspecified atom stereocenters. The van der Waals surface area contributed by atoms with E-state index in [1.807, 2.05) is 19.1 Å². The smallest absolute Gasteiger partial charge is 0.270 e. The van der Waals surface area contributed by atoms with Crippen molar-refractivity contribution in [3.8, 4) is 0 Å². The molecule has 1 aliphatic heterocycles. The van der Waals surface area contributed by atoms with E-state index in [2.05, 4.69) is 29.0 Å². The third kappa shape index (κ3) is 4.58. The summed E-state index contributed by atoms with van der Waals surface area (Å²) in [6, 6.07) is 8.62. The molecule has 6 heteroatoms. The molecule has 2 atom stereocenters. The first-order chi connectivity index (χ1) is 13.8. The van der Waals surface area contributed by atoms with Gasteiger partial charge >= 0.3 is 0 Å². The molecule has 1 aromatic heterocycles. The predicted octanol–water partition coefficient (Wildman–Crippen LogP) is 3.65. The van der Waals surface area contributed by atoms with Crippen molar-refractivity contribution < 1.29 is 13.9 Å². The van der Waals surface area contributed by atoms with Crippen molar-refractivity contribution in [3.63, 3.8) is 0 Å². The number of carbonyl (C=O) groups excluding carboxylic acids is 1. The molecule has 0 bridgehead atoms. The SMILES string of the molecule is Cc1ccc(F)cc1CC1(NC(=O)c2cc(N3C[C@@H](C)O[C@@H](C)C3)ccn2)CC1. The van der Waals surface area contributed by atoms with Crippen LogP contribution in [0, 0.1) is 12.7 Å². The Hall–Kier alpha value is -2.47. The molecule has 4 rings (SSSR count). The van der Waals surface area contributed by atoms with E-state index >= 15 is 0 Å². The number of nitrogens with zero attached hydrogens (tertiary/aromatic N) is 2. The average molecular weight is 397 g/mol. The highest BCUT2D eigenvalue weighted by molar-refractivity contribution is 5.94. The van der Waals surface area contributed by atoms with Crippen molar-refractivity contribution >= 4 is 11.6 Å². The van der Waals surface area contributed by atoms with Gasteiger partial charge in [-0.25, -0.2) is 4.39 Å². The van der Waals surface area contributed by atoms with E-state index < -0.39 is 0 Å². The molecule has 1 saturated heterocycles. The highest BCUT2D eigenvalue weighted by Crippen LogP contribution is 2.39. The van der Waals surface area contributed by atoms with E-state index in [9.17, 15) is 9.18 Å². The summed E-state index contributed by atoms with van der Waals surface area (Å²) in [5.74, 6) is -0.413. The number of benzene rings is 1. The number of anilines is 1. The minimum absolute atomic E-state index is 0.147. The van der Waals surface area contributed by atoms with Crippen molar-refractivity contribution in [2.24, 2.45) is 0 Å². The molecule has 1 N–H and O–H groups in total. The fraction of sp³-hybridized carbons (Fsp3) is 0.478. The molecule has 154 valence electrons. The number of nitrogens with one attached hydrogen (secondary N) is 1. The molecule has 2 fully saturated rings. The first-order valence-corrected chi connectivity index (χ1v) is 10.3. The summed E-state index contributed by atoms with van der Waals surface area (Å²) in [5, 5.41) is 3.16. The maximum Gasteiger partial charge on any atom is 0.270 e. The molecule has 0 radical (unpaired) electrons. The van der Waals surface area contributed by atoms with Gasteiger partial charge in [0, 0.05) is 30.5 Å². The number of amides is 1. The summed E-state index contributed by atoms with van der Waals surface area (Å²) in [6.07, 6.45) is 4.41. The topological polar surface area (TPSA) is 54.5 Å². The Morgan fingerprint density at radius 2 is 1.97 bits per heavy atom. The van der Waals surface area contributed by atoms with Crippen LogP contribution in [0.4, 0.5) is 10.1 Å². The van der Waals surface area contributed by atoms with Gasteiger partial charge in [0.05, 0.1) is 12.2 Å². The fourth-order valence-electron chi connectivity index (χ4n) is 4.13. The van der Waals surface area contributed by atoms with E-state index in [0.29, 0.717) is 12.1 Å². The number of hydrogen-bond donors (Lipinski definition) is 1. The van der Waals surface area contributed by atoms with Crippen LogP contribution in [-0.2, 0) is 11.2 Å². The standard InChI is InChI=1S/C23H28FN3O2/c1-15-4-5-19(24)10-18(15)12-23(7-8-23)26-22(28)21-11-20(6-9-25-21)27-13-16(2)29-17(3)14-27/h4-6,9-11,16-17H,7-8,12-14H2,1-3H3,(H,26,28)/t16-,17+. The number of ether oxygens (including phenoxy) is 1. The van der Waals surface area contributed by atoms with Crippen molar-refractivity contribution in [2.75, 3.05) is 18.0 Å². The Balaban J connectivity index is 1.47. The number of hydrogen-bond acceptors (Lipinski definition) is 4. The number of rotatable bonds is 5. The van der Waals surface area contributed by atoms with Gasteiger partial charge in [-0.3, -0.25) is 9.78 Å². The number of halogens is 1. The lowest BCUT2D eigenvalue weighted by atomic mass is 9.99. The minimum atomic E-state index is -0.296. The van der Waals surface area contributed by atoms with Crippen LogP contribution in [-0.4, -0.2) is 41.7 Å². The molecule has 5 nitrogen and oxygen atoms in total. The highest BCUT2D eigenvalue weighted by atomic mass is 19.1. The summed E-state index contributed by atoms with van der Waals surface area (Å²) in [7, 11) is 0. The Kier molecular flexibility index (Phi) is 5.30. The molecule has 2 heterocycles. The summed E-state index contributed by atoms with van der Waals surface area (Å²) in [4.78, 5) is 19.4. The highest BCUT2D eigenvalue weighted by Gasteiger charge is 2.44. The fourth-order valence-corrected chi connectivity index (χ4v) is 4.13. The van der Waals surface area contributed by atoms with E-state index in [0.717, 1.165) is 42.7 Å². The lowest BCUT2D eigenvalue weighted by Gasteiger charge is -2.36. The summed E-state index contributed by atoms with van der Waals surface area (Å²) in [6.45, 7) is 7.67. The number of pyridine rings is 1. The number of morpholine rings is 1.